The van der Waals surface area contributed by atoms with Gasteiger partial charge in [0.25, 0.3) is 0 Å². The summed E-state index contributed by atoms with van der Waals surface area (Å²) in [7, 11) is 0. The molecule has 0 bridgehead atoms. The van der Waals surface area contributed by atoms with Crippen LogP contribution in [0.25, 0.3) is 0 Å². The molecular formula is C16H16O. The molecule has 0 spiro atoms. The highest BCUT2D eigenvalue weighted by Gasteiger charge is 2.31. The minimum Gasteiger partial charge on any atom is -0.302 e. The summed E-state index contributed by atoms with van der Waals surface area (Å²) < 4.78 is 0. The first-order valence-electron chi connectivity index (χ1n) is 5.91. The molecule has 1 heteroatoms. The molecule has 0 amide bonds. The third kappa shape index (κ3) is 2.01. The Morgan fingerprint density at radius 3 is 1.59 bits per heavy atom. The van der Waals surface area contributed by atoms with Gasteiger partial charge in [-0.3, -0.25) is 0 Å². The van der Waals surface area contributed by atoms with Crippen LogP contribution in [0.2, 0.25) is 0 Å². The zero-order valence-corrected chi connectivity index (χ0v) is 9.97. The van der Waals surface area contributed by atoms with Crippen molar-refractivity contribution in [1.29, 1.82) is 0 Å². The maximum atomic E-state index is 11.7. The van der Waals surface area contributed by atoms with Crippen molar-refractivity contribution >= 4 is 6.29 Å². The second-order valence-corrected chi connectivity index (χ2v) is 4.17. The molecule has 0 aromatic heterocycles. The van der Waals surface area contributed by atoms with Gasteiger partial charge in [-0.25, -0.2) is 0 Å². The average Bonchev–Trinajstić information content (AvgIpc) is 2.43. The number of benzene rings is 2. The van der Waals surface area contributed by atoms with Crippen LogP contribution in [0.15, 0.2) is 60.7 Å². The predicted octanol–water partition coefficient (Wildman–Crippen LogP) is 3.58. The highest BCUT2D eigenvalue weighted by molar-refractivity contribution is 5.74. The Hall–Kier alpha value is -1.89. The normalized spacial score (nSPS) is 11.1. The monoisotopic (exact) mass is 224 g/mol. The van der Waals surface area contributed by atoms with Crippen molar-refractivity contribution in [3.05, 3.63) is 71.8 Å². The Balaban J connectivity index is 2.58. The van der Waals surface area contributed by atoms with Gasteiger partial charge in [-0.1, -0.05) is 67.6 Å². The summed E-state index contributed by atoms with van der Waals surface area (Å²) in [5.74, 6) is 0. The van der Waals surface area contributed by atoms with Crippen molar-refractivity contribution in [1.82, 2.24) is 0 Å². The Kier molecular flexibility index (Phi) is 3.38. The van der Waals surface area contributed by atoms with Gasteiger partial charge in [-0.15, -0.1) is 0 Å². The van der Waals surface area contributed by atoms with Gasteiger partial charge in [-0.05, 0) is 17.5 Å². The topological polar surface area (TPSA) is 17.1 Å². The first-order valence-corrected chi connectivity index (χ1v) is 5.91. The summed E-state index contributed by atoms with van der Waals surface area (Å²) >= 11 is 0. The summed E-state index contributed by atoms with van der Waals surface area (Å²) in [6, 6.07) is 19.9. The largest absolute Gasteiger partial charge is 0.302 e. The van der Waals surface area contributed by atoms with E-state index in [1.165, 1.54) is 0 Å². The van der Waals surface area contributed by atoms with Crippen molar-refractivity contribution < 1.29 is 4.79 Å². The van der Waals surface area contributed by atoms with Gasteiger partial charge in [-0.2, -0.15) is 0 Å². The van der Waals surface area contributed by atoms with E-state index in [1.54, 1.807) is 0 Å². The number of aldehydes is 1. The zero-order valence-electron chi connectivity index (χ0n) is 9.97. The van der Waals surface area contributed by atoms with Crippen molar-refractivity contribution in [2.24, 2.45) is 0 Å². The quantitative estimate of drug-likeness (QED) is 0.725. The summed E-state index contributed by atoms with van der Waals surface area (Å²) in [6.45, 7) is 2.05. The van der Waals surface area contributed by atoms with E-state index >= 15 is 0 Å². The molecular weight excluding hydrogens is 208 g/mol. The van der Waals surface area contributed by atoms with Crippen molar-refractivity contribution in [2.45, 2.75) is 18.8 Å². The van der Waals surface area contributed by atoms with E-state index in [0.717, 1.165) is 23.8 Å². The third-order valence-corrected chi connectivity index (χ3v) is 3.34. The van der Waals surface area contributed by atoms with Gasteiger partial charge in [0.2, 0.25) is 0 Å². The third-order valence-electron chi connectivity index (χ3n) is 3.34. The maximum Gasteiger partial charge on any atom is 0.134 e. The Morgan fingerprint density at radius 2 is 1.29 bits per heavy atom. The summed E-state index contributed by atoms with van der Waals surface area (Å²) in [5.41, 5.74) is 1.61. The van der Waals surface area contributed by atoms with E-state index in [4.69, 9.17) is 0 Å². The fraction of sp³-hybridized carbons (Fsp3) is 0.188. The summed E-state index contributed by atoms with van der Waals surface area (Å²) in [6.07, 6.45) is 1.84. The van der Waals surface area contributed by atoms with Crippen LogP contribution in [0.3, 0.4) is 0 Å². The lowest BCUT2D eigenvalue weighted by Gasteiger charge is -2.27. The highest BCUT2D eigenvalue weighted by Crippen LogP contribution is 2.33. The van der Waals surface area contributed by atoms with E-state index in [-0.39, 0.29) is 0 Å². The number of carbonyl (C=O) groups excluding carboxylic acids is 1. The molecule has 0 saturated heterocycles. The minimum absolute atomic E-state index is 0.511. The van der Waals surface area contributed by atoms with E-state index in [2.05, 4.69) is 6.92 Å². The van der Waals surface area contributed by atoms with Crippen molar-refractivity contribution in [3.63, 3.8) is 0 Å². The van der Waals surface area contributed by atoms with Crippen LogP contribution in [0, 0.1) is 0 Å². The second-order valence-electron chi connectivity index (χ2n) is 4.17. The molecule has 0 aliphatic heterocycles. The molecule has 0 N–H and O–H groups in total. The molecule has 2 aromatic rings. The fourth-order valence-electron chi connectivity index (χ4n) is 2.27. The molecule has 0 fully saturated rings. The standard InChI is InChI=1S/C16H16O/c1-2-16(13-17,14-9-5-3-6-10-14)15-11-7-4-8-12-15/h3-13H,2H2,1H3. The molecule has 17 heavy (non-hydrogen) atoms. The number of hydrogen-bond donors (Lipinski definition) is 0. The molecule has 1 nitrogen and oxygen atoms in total. The van der Waals surface area contributed by atoms with Crippen molar-refractivity contribution in [2.75, 3.05) is 0 Å². The van der Waals surface area contributed by atoms with Crippen LogP contribution < -0.4 is 0 Å². The molecule has 0 heterocycles. The lowest BCUT2D eigenvalue weighted by atomic mass is 9.74. The van der Waals surface area contributed by atoms with Gasteiger partial charge in [0.05, 0.1) is 5.41 Å². The average molecular weight is 224 g/mol. The molecule has 0 atom stereocenters. The first kappa shape index (κ1) is 11.6. The molecule has 0 aliphatic rings. The van der Waals surface area contributed by atoms with E-state index in [1.807, 2.05) is 60.7 Å². The highest BCUT2D eigenvalue weighted by atomic mass is 16.1. The molecule has 0 unspecified atom stereocenters. The zero-order chi connectivity index (χ0) is 12.1. The van der Waals surface area contributed by atoms with E-state index in [9.17, 15) is 4.79 Å². The number of carbonyl (C=O) groups is 1. The van der Waals surface area contributed by atoms with Crippen LogP contribution in [0.4, 0.5) is 0 Å². The first-order chi connectivity index (χ1) is 8.33. The Bertz CT molecular complexity index is 434. The van der Waals surface area contributed by atoms with E-state index in [0.29, 0.717) is 0 Å². The van der Waals surface area contributed by atoms with Gasteiger partial charge >= 0.3 is 0 Å². The number of rotatable bonds is 4. The predicted molar refractivity (Wildman–Crippen MR) is 70.0 cm³/mol. The minimum atomic E-state index is -0.511. The molecule has 0 saturated carbocycles. The molecule has 2 rings (SSSR count). The number of hydrogen-bond acceptors (Lipinski definition) is 1. The maximum absolute atomic E-state index is 11.7. The van der Waals surface area contributed by atoms with E-state index < -0.39 is 5.41 Å². The van der Waals surface area contributed by atoms with Gasteiger partial charge in [0.1, 0.15) is 6.29 Å². The molecule has 0 radical (unpaired) electrons. The summed E-state index contributed by atoms with van der Waals surface area (Å²) in [4.78, 5) is 11.7. The van der Waals surface area contributed by atoms with Crippen molar-refractivity contribution in [3.8, 4) is 0 Å². The van der Waals surface area contributed by atoms with Crippen LogP contribution in [0.5, 0.6) is 0 Å². The van der Waals surface area contributed by atoms with Crippen LogP contribution >= 0.6 is 0 Å². The van der Waals surface area contributed by atoms with Gasteiger partial charge < -0.3 is 4.79 Å². The Labute approximate surface area is 102 Å². The molecule has 2 aromatic carbocycles. The lowest BCUT2D eigenvalue weighted by molar-refractivity contribution is -0.111. The molecule has 86 valence electrons. The molecule has 0 aliphatic carbocycles. The smallest absolute Gasteiger partial charge is 0.134 e. The second kappa shape index (κ2) is 4.96. The SMILES string of the molecule is CCC(C=O)(c1ccccc1)c1ccccc1. The van der Waals surface area contributed by atoms with Gasteiger partial charge in [0, 0.05) is 0 Å². The van der Waals surface area contributed by atoms with Gasteiger partial charge in [0.15, 0.2) is 0 Å². The fourth-order valence-corrected chi connectivity index (χ4v) is 2.27. The Morgan fingerprint density at radius 1 is 0.882 bits per heavy atom. The lowest BCUT2D eigenvalue weighted by Crippen LogP contribution is -2.28. The van der Waals surface area contributed by atoms with Crippen LogP contribution in [-0.2, 0) is 10.2 Å². The van der Waals surface area contributed by atoms with Crippen LogP contribution in [-0.4, -0.2) is 6.29 Å². The van der Waals surface area contributed by atoms with Crippen LogP contribution in [0.1, 0.15) is 24.5 Å². The summed E-state index contributed by atoms with van der Waals surface area (Å²) in [5, 5.41) is 0.